The minimum atomic E-state index is -0.206. The van der Waals surface area contributed by atoms with Gasteiger partial charge in [-0.15, -0.1) is 0 Å². The van der Waals surface area contributed by atoms with Gasteiger partial charge in [0.1, 0.15) is 5.75 Å². The first-order valence-corrected chi connectivity index (χ1v) is 5.25. The Hall–Kier alpha value is -2.08. The third-order valence-electron chi connectivity index (χ3n) is 2.27. The monoisotopic (exact) mass is 235 g/mol. The second-order valence-electron chi connectivity index (χ2n) is 3.63. The molecule has 0 unspecified atom stereocenters. The van der Waals surface area contributed by atoms with Gasteiger partial charge >= 0.3 is 0 Å². The number of benzene rings is 1. The minimum absolute atomic E-state index is 0.0197. The van der Waals surface area contributed by atoms with Crippen molar-refractivity contribution in [2.24, 2.45) is 5.73 Å². The largest absolute Gasteiger partial charge is 0.482 e. The molecule has 6 heteroatoms. The van der Waals surface area contributed by atoms with Crippen molar-refractivity contribution in [1.82, 2.24) is 0 Å². The molecule has 1 aliphatic rings. The Labute approximate surface area is 98.1 Å². The summed E-state index contributed by atoms with van der Waals surface area (Å²) in [5.41, 5.74) is 6.44. The third-order valence-corrected chi connectivity index (χ3v) is 2.27. The summed E-state index contributed by atoms with van der Waals surface area (Å²) in [6, 6.07) is 5.07. The van der Waals surface area contributed by atoms with Gasteiger partial charge in [-0.05, 0) is 18.2 Å². The molecule has 0 saturated heterocycles. The lowest BCUT2D eigenvalue weighted by Crippen LogP contribution is -2.25. The van der Waals surface area contributed by atoms with E-state index >= 15 is 0 Å². The van der Waals surface area contributed by atoms with Crippen LogP contribution in [0.1, 0.15) is 6.42 Å². The summed E-state index contributed by atoms with van der Waals surface area (Å²) in [4.78, 5) is 22.5. The second-order valence-corrected chi connectivity index (χ2v) is 3.63. The number of nitrogens with one attached hydrogen (secondary N) is 2. The highest BCUT2D eigenvalue weighted by molar-refractivity contribution is 5.97. The van der Waals surface area contributed by atoms with Crippen molar-refractivity contribution in [2.45, 2.75) is 6.42 Å². The quantitative estimate of drug-likeness (QED) is 0.702. The van der Waals surface area contributed by atoms with E-state index in [2.05, 4.69) is 10.6 Å². The third kappa shape index (κ3) is 2.73. The van der Waals surface area contributed by atoms with E-state index < -0.39 is 0 Å². The van der Waals surface area contributed by atoms with Crippen molar-refractivity contribution in [3.8, 4) is 5.75 Å². The normalized spacial score (nSPS) is 13.4. The van der Waals surface area contributed by atoms with Crippen LogP contribution in [0.2, 0.25) is 0 Å². The number of fused-ring (bicyclic) bond motifs is 1. The number of anilines is 2. The zero-order valence-electron chi connectivity index (χ0n) is 9.16. The van der Waals surface area contributed by atoms with Crippen LogP contribution < -0.4 is 21.1 Å². The molecule has 1 aromatic carbocycles. The van der Waals surface area contributed by atoms with E-state index in [0.717, 1.165) is 0 Å². The van der Waals surface area contributed by atoms with Crippen molar-refractivity contribution in [3.63, 3.8) is 0 Å². The van der Waals surface area contributed by atoms with Crippen LogP contribution in [0.4, 0.5) is 11.4 Å². The zero-order valence-corrected chi connectivity index (χ0v) is 9.16. The molecule has 0 spiro atoms. The van der Waals surface area contributed by atoms with Gasteiger partial charge in [-0.2, -0.15) is 0 Å². The maximum Gasteiger partial charge on any atom is 0.262 e. The predicted molar refractivity (Wildman–Crippen MR) is 62.9 cm³/mol. The highest BCUT2D eigenvalue weighted by atomic mass is 16.5. The number of carbonyl (C=O) groups is 2. The van der Waals surface area contributed by atoms with Gasteiger partial charge in [-0.3, -0.25) is 9.59 Å². The zero-order chi connectivity index (χ0) is 12.3. The Balaban J connectivity index is 2.13. The fourth-order valence-electron chi connectivity index (χ4n) is 1.52. The molecule has 0 saturated carbocycles. The molecule has 2 amide bonds. The van der Waals surface area contributed by atoms with Crippen molar-refractivity contribution in [2.75, 3.05) is 23.8 Å². The summed E-state index contributed by atoms with van der Waals surface area (Å²) in [7, 11) is 0. The Bertz CT molecular complexity index is 459. The smallest absolute Gasteiger partial charge is 0.262 e. The van der Waals surface area contributed by atoms with Crippen molar-refractivity contribution < 1.29 is 14.3 Å². The molecule has 0 fully saturated rings. The first kappa shape index (κ1) is 11.4. The van der Waals surface area contributed by atoms with Crippen LogP contribution in [0.15, 0.2) is 18.2 Å². The van der Waals surface area contributed by atoms with Gasteiger partial charge in [-0.1, -0.05) is 0 Å². The van der Waals surface area contributed by atoms with E-state index in [1.54, 1.807) is 18.2 Å². The number of nitrogens with two attached hydrogens (primary N) is 1. The molecular weight excluding hydrogens is 222 g/mol. The second kappa shape index (κ2) is 4.84. The Kier molecular flexibility index (Phi) is 3.24. The lowest BCUT2D eigenvalue weighted by atomic mass is 10.2. The topological polar surface area (TPSA) is 93.5 Å². The standard InChI is InChI=1S/C11H13N3O3/c12-4-3-10(15)13-7-1-2-9-8(5-7)14-11(16)6-17-9/h1-2,5H,3-4,6,12H2,(H,13,15)(H,14,16). The summed E-state index contributed by atoms with van der Waals surface area (Å²) in [5, 5.41) is 5.35. The molecule has 1 aromatic rings. The van der Waals surface area contributed by atoms with Crippen LogP contribution in [-0.2, 0) is 9.59 Å². The summed E-state index contributed by atoms with van der Waals surface area (Å²) < 4.78 is 5.20. The number of rotatable bonds is 3. The van der Waals surface area contributed by atoms with Crippen LogP contribution in [0.3, 0.4) is 0 Å². The van der Waals surface area contributed by atoms with Gasteiger partial charge in [0.25, 0.3) is 5.91 Å². The maximum absolute atomic E-state index is 11.3. The van der Waals surface area contributed by atoms with Gasteiger partial charge in [0.05, 0.1) is 5.69 Å². The summed E-state index contributed by atoms with van der Waals surface area (Å²) >= 11 is 0. The van der Waals surface area contributed by atoms with E-state index in [1.807, 2.05) is 0 Å². The molecular formula is C11H13N3O3. The van der Waals surface area contributed by atoms with E-state index in [9.17, 15) is 9.59 Å². The number of carbonyl (C=O) groups excluding carboxylic acids is 2. The summed E-state index contributed by atoms with van der Waals surface area (Å²) in [6.07, 6.45) is 0.264. The Morgan fingerprint density at radius 3 is 3.12 bits per heavy atom. The number of hydrogen-bond acceptors (Lipinski definition) is 4. The number of amides is 2. The fraction of sp³-hybridized carbons (Fsp3) is 0.273. The molecule has 0 atom stereocenters. The molecule has 17 heavy (non-hydrogen) atoms. The minimum Gasteiger partial charge on any atom is -0.482 e. The molecule has 1 aliphatic heterocycles. The molecule has 0 aromatic heterocycles. The summed E-state index contributed by atoms with van der Waals surface area (Å²) in [6.45, 7) is 0.322. The molecule has 1 heterocycles. The van der Waals surface area contributed by atoms with Gasteiger partial charge in [0.15, 0.2) is 6.61 Å². The predicted octanol–water partition coefficient (Wildman–Crippen LogP) is 0.305. The van der Waals surface area contributed by atoms with Gasteiger partial charge in [0, 0.05) is 18.7 Å². The first-order valence-electron chi connectivity index (χ1n) is 5.25. The van der Waals surface area contributed by atoms with E-state index in [0.29, 0.717) is 23.7 Å². The Morgan fingerprint density at radius 1 is 1.53 bits per heavy atom. The molecule has 2 rings (SSSR count). The van der Waals surface area contributed by atoms with E-state index in [4.69, 9.17) is 10.5 Å². The van der Waals surface area contributed by atoms with Crippen LogP contribution in [0, 0.1) is 0 Å². The molecule has 0 radical (unpaired) electrons. The highest BCUT2D eigenvalue weighted by Gasteiger charge is 2.16. The summed E-state index contributed by atoms with van der Waals surface area (Å²) in [5.74, 6) is 0.236. The fourth-order valence-corrected chi connectivity index (χ4v) is 1.52. The molecule has 4 N–H and O–H groups in total. The number of hydrogen-bond donors (Lipinski definition) is 3. The number of ether oxygens (including phenoxy) is 1. The first-order chi connectivity index (χ1) is 8.19. The molecule has 0 aliphatic carbocycles. The average Bonchev–Trinajstić information content (AvgIpc) is 2.28. The average molecular weight is 235 g/mol. The van der Waals surface area contributed by atoms with Crippen LogP contribution in [-0.4, -0.2) is 25.0 Å². The lowest BCUT2D eigenvalue weighted by molar-refractivity contribution is -0.118. The van der Waals surface area contributed by atoms with E-state index in [1.165, 1.54) is 0 Å². The molecule has 90 valence electrons. The molecule has 6 nitrogen and oxygen atoms in total. The maximum atomic E-state index is 11.3. The van der Waals surface area contributed by atoms with Crippen LogP contribution in [0.5, 0.6) is 5.75 Å². The van der Waals surface area contributed by atoms with Gasteiger partial charge in [-0.25, -0.2) is 0 Å². The van der Waals surface area contributed by atoms with Crippen molar-refractivity contribution in [1.29, 1.82) is 0 Å². The van der Waals surface area contributed by atoms with Crippen molar-refractivity contribution >= 4 is 23.2 Å². The van der Waals surface area contributed by atoms with Crippen LogP contribution >= 0.6 is 0 Å². The van der Waals surface area contributed by atoms with Crippen molar-refractivity contribution in [3.05, 3.63) is 18.2 Å². The van der Waals surface area contributed by atoms with E-state index in [-0.39, 0.29) is 24.8 Å². The van der Waals surface area contributed by atoms with Gasteiger partial charge in [0.2, 0.25) is 5.91 Å². The van der Waals surface area contributed by atoms with Crippen LogP contribution in [0.25, 0.3) is 0 Å². The Morgan fingerprint density at radius 2 is 2.35 bits per heavy atom. The molecule has 0 bridgehead atoms. The lowest BCUT2D eigenvalue weighted by Gasteiger charge is -2.18. The SMILES string of the molecule is NCCC(=O)Nc1ccc2c(c1)NC(=O)CO2. The highest BCUT2D eigenvalue weighted by Crippen LogP contribution is 2.30. The van der Waals surface area contributed by atoms with Gasteiger partial charge < -0.3 is 21.1 Å².